The third-order valence-corrected chi connectivity index (χ3v) is 2.78. The van der Waals surface area contributed by atoms with Gasteiger partial charge < -0.3 is 10.2 Å². The van der Waals surface area contributed by atoms with Crippen LogP contribution >= 0.6 is 0 Å². The lowest BCUT2D eigenvalue weighted by molar-refractivity contribution is 0.170. The monoisotopic (exact) mass is 250 g/mol. The van der Waals surface area contributed by atoms with Crippen molar-refractivity contribution in [3.63, 3.8) is 0 Å². The Morgan fingerprint density at radius 1 is 1.33 bits per heavy atom. The molecule has 0 saturated carbocycles. The molecule has 1 aromatic carbocycles. The molecule has 6 nitrogen and oxygen atoms in total. The molecule has 1 unspecified atom stereocenters. The molecule has 1 heterocycles. The highest BCUT2D eigenvalue weighted by molar-refractivity contribution is 5.79. The molecule has 96 valence electrons. The van der Waals surface area contributed by atoms with E-state index < -0.39 is 17.4 Å². The van der Waals surface area contributed by atoms with Gasteiger partial charge in [-0.3, -0.25) is 13.9 Å². The minimum Gasteiger partial charge on any atom is -0.508 e. The van der Waals surface area contributed by atoms with Crippen molar-refractivity contribution in [1.29, 1.82) is 0 Å². The van der Waals surface area contributed by atoms with E-state index in [0.717, 1.165) is 4.57 Å². The summed E-state index contributed by atoms with van der Waals surface area (Å²) < 4.78 is 2.27. The summed E-state index contributed by atoms with van der Waals surface area (Å²) in [4.78, 5) is 24.1. The lowest BCUT2D eigenvalue weighted by Crippen LogP contribution is -2.41. The summed E-state index contributed by atoms with van der Waals surface area (Å²) in [5, 5.41) is 19.0. The number of nitrogens with zero attached hydrogens (tertiary/aromatic N) is 2. The minimum absolute atomic E-state index is 0.00910. The van der Waals surface area contributed by atoms with Crippen molar-refractivity contribution in [3.8, 4) is 5.75 Å². The van der Waals surface area contributed by atoms with Gasteiger partial charge in [0.2, 0.25) is 0 Å². The summed E-state index contributed by atoms with van der Waals surface area (Å²) in [6, 6.07) is 4.22. The van der Waals surface area contributed by atoms with Crippen molar-refractivity contribution in [2.75, 3.05) is 0 Å². The van der Waals surface area contributed by atoms with Crippen LogP contribution in [-0.4, -0.2) is 25.5 Å². The van der Waals surface area contributed by atoms with Crippen molar-refractivity contribution in [2.45, 2.75) is 19.6 Å². The number of aliphatic hydroxyl groups excluding tert-OH is 1. The van der Waals surface area contributed by atoms with Crippen molar-refractivity contribution in [1.82, 2.24) is 9.13 Å². The molecule has 18 heavy (non-hydrogen) atoms. The maximum Gasteiger partial charge on any atom is 0.331 e. The van der Waals surface area contributed by atoms with Gasteiger partial charge in [-0.05, 0) is 19.1 Å². The second-order valence-electron chi connectivity index (χ2n) is 4.31. The molecule has 0 aliphatic heterocycles. The van der Waals surface area contributed by atoms with Crippen LogP contribution in [-0.2, 0) is 13.6 Å². The Labute approximate surface area is 102 Å². The molecule has 0 aliphatic carbocycles. The molecular weight excluding hydrogens is 236 g/mol. The standard InChI is InChI=1S/C12H14N2O4/c1-7(15)6-14-11(17)9-4-3-8(16)5-10(9)13(2)12(14)18/h3-5,7,15-16H,6H2,1-2H3. The molecule has 1 atom stereocenters. The van der Waals surface area contributed by atoms with Crippen LogP contribution in [0.1, 0.15) is 6.92 Å². The van der Waals surface area contributed by atoms with E-state index in [-0.39, 0.29) is 12.3 Å². The minimum atomic E-state index is -0.787. The van der Waals surface area contributed by atoms with Crippen LogP contribution in [0, 0.1) is 0 Å². The van der Waals surface area contributed by atoms with Gasteiger partial charge in [0.25, 0.3) is 5.56 Å². The van der Waals surface area contributed by atoms with Crippen LogP contribution in [0.3, 0.4) is 0 Å². The fourth-order valence-electron chi connectivity index (χ4n) is 1.92. The van der Waals surface area contributed by atoms with Gasteiger partial charge in [0, 0.05) is 13.1 Å². The van der Waals surface area contributed by atoms with Crippen LogP contribution in [0.4, 0.5) is 0 Å². The number of fused-ring (bicyclic) bond motifs is 1. The Morgan fingerprint density at radius 2 is 2.00 bits per heavy atom. The van der Waals surface area contributed by atoms with Gasteiger partial charge in [0.05, 0.1) is 23.6 Å². The molecule has 0 fully saturated rings. The van der Waals surface area contributed by atoms with Crippen LogP contribution in [0.25, 0.3) is 10.9 Å². The molecule has 0 saturated heterocycles. The summed E-state index contributed by atoms with van der Waals surface area (Å²) in [6.45, 7) is 1.45. The second-order valence-corrected chi connectivity index (χ2v) is 4.31. The summed E-state index contributed by atoms with van der Waals surface area (Å²) in [5.74, 6) is -0.00910. The van der Waals surface area contributed by atoms with Crippen LogP contribution in [0.2, 0.25) is 0 Å². The first-order chi connectivity index (χ1) is 8.41. The predicted octanol–water partition coefficient (Wildman–Crippen LogP) is -0.213. The van der Waals surface area contributed by atoms with Gasteiger partial charge in [0.15, 0.2) is 0 Å². The van der Waals surface area contributed by atoms with E-state index in [1.165, 1.54) is 36.7 Å². The van der Waals surface area contributed by atoms with Crippen molar-refractivity contribution in [3.05, 3.63) is 39.0 Å². The average molecular weight is 250 g/mol. The topological polar surface area (TPSA) is 84.5 Å². The average Bonchev–Trinajstić information content (AvgIpc) is 2.31. The lowest BCUT2D eigenvalue weighted by Gasteiger charge is -2.12. The zero-order valence-electron chi connectivity index (χ0n) is 10.1. The quantitative estimate of drug-likeness (QED) is 0.772. The van der Waals surface area contributed by atoms with E-state index in [4.69, 9.17) is 0 Å². The Hall–Kier alpha value is -2.08. The first-order valence-corrected chi connectivity index (χ1v) is 5.52. The highest BCUT2D eigenvalue weighted by Crippen LogP contribution is 2.15. The van der Waals surface area contributed by atoms with Gasteiger partial charge in [-0.15, -0.1) is 0 Å². The lowest BCUT2D eigenvalue weighted by atomic mass is 10.2. The highest BCUT2D eigenvalue weighted by Gasteiger charge is 2.12. The van der Waals surface area contributed by atoms with Gasteiger partial charge in [-0.2, -0.15) is 0 Å². The molecular formula is C12H14N2O4. The fraction of sp³-hybridized carbons (Fsp3) is 0.333. The van der Waals surface area contributed by atoms with E-state index in [1.807, 2.05) is 0 Å². The van der Waals surface area contributed by atoms with Crippen LogP contribution in [0.5, 0.6) is 5.75 Å². The zero-order chi connectivity index (χ0) is 13.4. The number of phenolic OH excluding ortho intramolecular Hbond substituents is 1. The molecule has 1 aromatic heterocycles. The molecule has 2 rings (SSSR count). The van der Waals surface area contributed by atoms with Gasteiger partial charge in [-0.1, -0.05) is 0 Å². The maximum atomic E-state index is 12.1. The number of aromatic nitrogens is 2. The largest absolute Gasteiger partial charge is 0.508 e. The second kappa shape index (κ2) is 4.30. The Morgan fingerprint density at radius 3 is 2.61 bits per heavy atom. The van der Waals surface area contributed by atoms with Gasteiger partial charge >= 0.3 is 5.69 Å². The third-order valence-electron chi connectivity index (χ3n) is 2.78. The maximum absolute atomic E-state index is 12.1. The first kappa shape index (κ1) is 12.4. The van der Waals surface area contributed by atoms with Gasteiger partial charge in [-0.25, -0.2) is 4.79 Å². The molecule has 6 heteroatoms. The Bertz CT molecular complexity index is 712. The highest BCUT2D eigenvalue weighted by atomic mass is 16.3. The molecule has 2 N–H and O–H groups in total. The number of hydrogen-bond donors (Lipinski definition) is 2. The number of phenols is 1. The number of benzene rings is 1. The molecule has 0 aliphatic rings. The van der Waals surface area contributed by atoms with Crippen molar-refractivity contribution >= 4 is 10.9 Å². The molecule has 0 bridgehead atoms. The number of aromatic hydroxyl groups is 1. The number of aryl methyl sites for hydroxylation is 1. The molecule has 0 spiro atoms. The summed E-state index contributed by atoms with van der Waals surface area (Å²) >= 11 is 0. The van der Waals surface area contributed by atoms with E-state index in [9.17, 15) is 19.8 Å². The predicted molar refractivity (Wildman–Crippen MR) is 66.8 cm³/mol. The SMILES string of the molecule is CC(O)Cn1c(=O)c2ccc(O)cc2n(C)c1=O. The number of hydrogen-bond acceptors (Lipinski definition) is 4. The molecule has 0 radical (unpaired) electrons. The van der Waals surface area contributed by atoms with Crippen LogP contribution in [0.15, 0.2) is 27.8 Å². The molecule has 2 aromatic rings. The van der Waals surface area contributed by atoms with Crippen molar-refractivity contribution < 1.29 is 10.2 Å². The number of aliphatic hydroxyl groups is 1. The Kier molecular flexibility index (Phi) is 2.96. The van der Waals surface area contributed by atoms with E-state index >= 15 is 0 Å². The first-order valence-electron chi connectivity index (χ1n) is 5.52. The van der Waals surface area contributed by atoms with Gasteiger partial charge in [0.1, 0.15) is 5.75 Å². The Balaban J connectivity index is 2.88. The zero-order valence-corrected chi connectivity index (χ0v) is 10.1. The van der Waals surface area contributed by atoms with E-state index in [1.54, 1.807) is 0 Å². The summed E-state index contributed by atoms with van der Waals surface area (Å²) in [5.41, 5.74) is -0.611. The summed E-state index contributed by atoms with van der Waals surface area (Å²) in [6.07, 6.45) is -0.787. The summed E-state index contributed by atoms with van der Waals surface area (Å²) in [7, 11) is 1.52. The normalized spacial score (nSPS) is 12.8. The van der Waals surface area contributed by atoms with Crippen LogP contribution < -0.4 is 11.2 Å². The fourth-order valence-corrected chi connectivity index (χ4v) is 1.92. The smallest absolute Gasteiger partial charge is 0.331 e. The van der Waals surface area contributed by atoms with E-state index in [0.29, 0.717) is 10.9 Å². The van der Waals surface area contributed by atoms with Crippen molar-refractivity contribution in [2.24, 2.45) is 7.05 Å². The molecule has 0 amide bonds. The third kappa shape index (κ3) is 1.91. The van der Waals surface area contributed by atoms with E-state index in [2.05, 4.69) is 0 Å². The number of rotatable bonds is 2.